The Morgan fingerprint density at radius 2 is 1.76 bits per heavy atom. The van der Waals surface area contributed by atoms with Gasteiger partial charge < -0.3 is 14.5 Å². The van der Waals surface area contributed by atoms with Crippen molar-refractivity contribution in [1.29, 1.82) is 0 Å². The molecule has 0 bridgehead atoms. The summed E-state index contributed by atoms with van der Waals surface area (Å²) in [6.07, 6.45) is 2.04. The molecule has 8 heteroatoms. The van der Waals surface area contributed by atoms with Crippen LogP contribution in [-0.4, -0.2) is 45.4 Å². The third-order valence-electron chi connectivity index (χ3n) is 4.52. The van der Waals surface area contributed by atoms with Crippen molar-refractivity contribution in [2.24, 2.45) is 0 Å². The molecule has 1 aromatic carbocycles. The number of benzene rings is 1. The lowest BCUT2D eigenvalue weighted by molar-refractivity contribution is 0.0316. The lowest BCUT2D eigenvalue weighted by Gasteiger charge is -2.12. The quantitative estimate of drug-likeness (QED) is 0.504. The van der Waals surface area contributed by atoms with Gasteiger partial charge in [0, 0.05) is 18.1 Å². The van der Waals surface area contributed by atoms with E-state index in [2.05, 4.69) is 15.0 Å². The largest absolute Gasteiger partial charge is 0.462 e. The fourth-order valence-electron chi connectivity index (χ4n) is 3.08. The van der Waals surface area contributed by atoms with Crippen molar-refractivity contribution < 1.29 is 23.9 Å². The maximum atomic E-state index is 12.8. The molecule has 0 spiro atoms. The number of carbonyl (C=O) groups is 3. The van der Waals surface area contributed by atoms with Crippen LogP contribution < -0.4 is 0 Å². The molecule has 0 aliphatic carbocycles. The van der Waals surface area contributed by atoms with Gasteiger partial charge in [0.15, 0.2) is 6.10 Å². The summed E-state index contributed by atoms with van der Waals surface area (Å²) in [7, 11) is 0. The molecule has 0 saturated heterocycles. The summed E-state index contributed by atoms with van der Waals surface area (Å²) >= 11 is 0. The monoisotopic (exact) mass is 395 g/mol. The van der Waals surface area contributed by atoms with Crippen LogP contribution in [0.2, 0.25) is 0 Å². The molecule has 3 aromatic rings. The fraction of sp³-hybridized carbons (Fsp3) is 0.286. The van der Waals surface area contributed by atoms with Gasteiger partial charge >= 0.3 is 11.9 Å². The van der Waals surface area contributed by atoms with Crippen LogP contribution in [-0.2, 0) is 9.47 Å². The van der Waals surface area contributed by atoms with Gasteiger partial charge in [-0.05, 0) is 51.5 Å². The highest BCUT2D eigenvalue weighted by Crippen LogP contribution is 2.21. The first kappa shape index (κ1) is 20.2. The molecular weight excluding hydrogens is 374 g/mol. The topological polar surface area (TPSA) is 111 Å². The molecule has 0 unspecified atom stereocenters. The summed E-state index contributed by atoms with van der Waals surface area (Å²) in [6.45, 7) is 6.76. The normalized spacial score (nSPS) is 11.9. The number of H-pyrrole nitrogens is 1. The minimum atomic E-state index is -1.05. The maximum absolute atomic E-state index is 12.8. The molecule has 1 N–H and O–H groups in total. The van der Waals surface area contributed by atoms with E-state index >= 15 is 0 Å². The van der Waals surface area contributed by atoms with Crippen molar-refractivity contribution in [3.8, 4) is 0 Å². The van der Waals surface area contributed by atoms with Crippen LogP contribution in [0.1, 0.15) is 56.3 Å². The van der Waals surface area contributed by atoms with Gasteiger partial charge in [0.05, 0.1) is 34.5 Å². The lowest BCUT2D eigenvalue weighted by Crippen LogP contribution is -2.25. The molecule has 0 amide bonds. The van der Waals surface area contributed by atoms with Crippen LogP contribution in [0.5, 0.6) is 0 Å². The van der Waals surface area contributed by atoms with Crippen molar-refractivity contribution in [3.05, 3.63) is 58.7 Å². The third-order valence-corrected chi connectivity index (χ3v) is 4.52. The van der Waals surface area contributed by atoms with Crippen LogP contribution in [0, 0.1) is 13.8 Å². The van der Waals surface area contributed by atoms with E-state index in [1.54, 1.807) is 45.2 Å². The van der Waals surface area contributed by atoms with Crippen molar-refractivity contribution >= 4 is 28.8 Å². The number of fused-ring (bicyclic) bond motifs is 1. The number of nitrogens with one attached hydrogen (secondary N) is 1. The minimum Gasteiger partial charge on any atom is -0.462 e. The van der Waals surface area contributed by atoms with E-state index in [1.165, 1.54) is 13.1 Å². The van der Waals surface area contributed by atoms with Gasteiger partial charge in [-0.1, -0.05) is 0 Å². The van der Waals surface area contributed by atoms with E-state index < -0.39 is 23.8 Å². The zero-order valence-electron chi connectivity index (χ0n) is 16.6. The summed E-state index contributed by atoms with van der Waals surface area (Å²) in [5.74, 6) is -1.58. The number of rotatable bonds is 6. The maximum Gasteiger partial charge on any atom is 0.340 e. The zero-order valence-corrected chi connectivity index (χ0v) is 16.6. The zero-order chi connectivity index (χ0) is 21.1. The van der Waals surface area contributed by atoms with Crippen molar-refractivity contribution in [1.82, 2.24) is 15.0 Å². The summed E-state index contributed by atoms with van der Waals surface area (Å²) in [4.78, 5) is 48.6. The lowest BCUT2D eigenvalue weighted by atomic mass is 10.1. The van der Waals surface area contributed by atoms with Gasteiger partial charge in [-0.3, -0.25) is 14.8 Å². The smallest absolute Gasteiger partial charge is 0.340 e. The second kappa shape index (κ2) is 8.22. The van der Waals surface area contributed by atoms with Crippen LogP contribution in [0.4, 0.5) is 0 Å². The molecule has 1 atom stereocenters. The molecule has 29 heavy (non-hydrogen) atoms. The molecule has 2 aromatic heterocycles. The summed E-state index contributed by atoms with van der Waals surface area (Å²) in [5.41, 5.74) is 3.00. The second-order valence-corrected chi connectivity index (χ2v) is 6.52. The summed E-state index contributed by atoms with van der Waals surface area (Å²) < 4.78 is 10.4. The van der Waals surface area contributed by atoms with E-state index in [1.807, 2.05) is 0 Å². The molecule has 0 fully saturated rings. The molecule has 0 aliphatic heterocycles. The molecular formula is C21H21N3O5. The van der Waals surface area contributed by atoms with E-state index in [0.717, 1.165) is 0 Å². The molecule has 0 aliphatic rings. The highest BCUT2D eigenvalue weighted by molar-refractivity contribution is 6.04. The molecule has 3 rings (SSSR count). The van der Waals surface area contributed by atoms with Crippen LogP contribution in [0.3, 0.4) is 0 Å². The Labute approximate surface area is 167 Å². The number of aryl methyl sites for hydroxylation is 1. The van der Waals surface area contributed by atoms with Gasteiger partial charge in [-0.25, -0.2) is 9.59 Å². The van der Waals surface area contributed by atoms with Crippen LogP contribution in [0.15, 0.2) is 30.6 Å². The average Bonchev–Trinajstić information content (AvgIpc) is 3.01. The molecule has 0 saturated carbocycles. The SMILES string of the molecule is CCOC(=O)c1c(C)[nH]c(C(=O)[C@H](C)OC(=O)c2ccc3nccnc3c2)c1C. The number of nitrogens with zero attached hydrogens (tertiary/aromatic N) is 2. The molecule has 8 nitrogen and oxygen atoms in total. The van der Waals surface area contributed by atoms with Crippen molar-refractivity contribution in [2.75, 3.05) is 6.61 Å². The predicted octanol–water partition coefficient (Wildman–Crippen LogP) is 3.18. The number of ether oxygens (including phenoxy) is 2. The predicted molar refractivity (Wildman–Crippen MR) is 105 cm³/mol. The Kier molecular flexibility index (Phi) is 5.72. The van der Waals surface area contributed by atoms with E-state index in [-0.39, 0.29) is 17.9 Å². The highest BCUT2D eigenvalue weighted by Gasteiger charge is 2.27. The van der Waals surface area contributed by atoms with Crippen molar-refractivity contribution in [3.63, 3.8) is 0 Å². The van der Waals surface area contributed by atoms with Gasteiger partial charge in [0.1, 0.15) is 0 Å². The fourth-order valence-corrected chi connectivity index (χ4v) is 3.08. The Morgan fingerprint density at radius 1 is 1.07 bits per heavy atom. The number of ketones is 1. The van der Waals surface area contributed by atoms with E-state index in [4.69, 9.17) is 9.47 Å². The molecule has 2 heterocycles. The van der Waals surface area contributed by atoms with E-state index in [0.29, 0.717) is 27.9 Å². The van der Waals surface area contributed by atoms with E-state index in [9.17, 15) is 14.4 Å². The number of aromatic amines is 1. The van der Waals surface area contributed by atoms with Crippen molar-refractivity contribution in [2.45, 2.75) is 33.8 Å². The first-order valence-corrected chi connectivity index (χ1v) is 9.15. The standard InChI is InChI=1S/C21H21N3O5/c1-5-28-21(27)17-11(2)18(24-12(17)3)19(25)13(4)29-20(26)14-6-7-15-16(10-14)23-9-8-22-15/h6-10,13,24H,5H2,1-4H3/t13-/m0/s1. The highest BCUT2D eigenvalue weighted by atomic mass is 16.5. The number of Topliss-reactive ketones (excluding diaryl/α,β-unsaturated/α-hetero) is 1. The van der Waals surface area contributed by atoms with Crippen LogP contribution in [0.25, 0.3) is 11.0 Å². The van der Waals surface area contributed by atoms with Gasteiger partial charge in [-0.15, -0.1) is 0 Å². The number of hydrogen-bond acceptors (Lipinski definition) is 7. The summed E-state index contributed by atoms with van der Waals surface area (Å²) in [6, 6.07) is 4.79. The first-order chi connectivity index (χ1) is 13.8. The average molecular weight is 395 g/mol. The Balaban J connectivity index is 1.78. The Hall–Kier alpha value is -3.55. The first-order valence-electron chi connectivity index (χ1n) is 9.15. The molecule has 150 valence electrons. The van der Waals surface area contributed by atoms with Crippen LogP contribution >= 0.6 is 0 Å². The number of aromatic nitrogens is 3. The minimum absolute atomic E-state index is 0.218. The third kappa shape index (κ3) is 4.01. The van der Waals surface area contributed by atoms with Gasteiger partial charge in [0.25, 0.3) is 0 Å². The molecule has 0 radical (unpaired) electrons. The number of hydrogen-bond donors (Lipinski definition) is 1. The Bertz CT molecular complexity index is 1100. The number of esters is 2. The van der Waals surface area contributed by atoms with Gasteiger partial charge in [-0.2, -0.15) is 0 Å². The number of carbonyl (C=O) groups excluding carboxylic acids is 3. The second-order valence-electron chi connectivity index (χ2n) is 6.52. The Morgan fingerprint density at radius 3 is 2.45 bits per heavy atom. The van der Waals surface area contributed by atoms with Gasteiger partial charge in [0.2, 0.25) is 5.78 Å². The summed E-state index contributed by atoms with van der Waals surface area (Å²) in [5, 5.41) is 0.